The predicted octanol–water partition coefficient (Wildman–Crippen LogP) is 4.15. The summed E-state index contributed by atoms with van der Waals surface area (Å²) in [4.78, 5) is 10.2. The second-order valence-corrected chi connectivity index (χ2v) is 5.40. The maximum Gasteiger partial charge on any atom is 0.270 e. The Balaban J connectivity index is 2.20. The van der Waals surface area contributed by atoms with Crippen LogP contribution in [0.4, 0.5) is 11.4 Å². The average molecular weight is 346 g/mol. The Hall–Kier alpha value is -2.39. The molecule has 0 radical (unpaired) electrons. The van der Waals surface area contributed by atoms with Gasteiger partial charge in [-0.25, -0.2) is 0 Å². The molecule has 5 nitrogen and oxygen atoms in total. The molecule has 0 aliphatic carbocycles. The molecular formula is C15H12BrN3O2. The molecule has 6 heteroatoms. The SMILES string of the molecule is Cc1ccc(CNc2ccc([N+](=O)[O-])cc2C#N)c(Br)c1. The molecule has 21 heavy (non-hydrogen) atoms. The molecule has 0 saturated carbocycles. The molecule has 0 saturated heterocycles. The predicted molar refractivity (Wildman–Crippen MR) is 84.0 cm³/mol. The van der Waals surface area contributed by atoms with Crippen LogP contribution >= 0.6 is 15.9 Å². The van der Waals surface area contributed by atoms with Gasteiger partial charge in [0.15, 0.2) is 0 Å². The van der Waals surface area contributed by atoms with E-state index in [1.54, 1.807) is 6.07 Å². The summed E-state index contributed by atoms with van der Waals surface area (Å²) in [6.45, 7) is 2.53. The summed E-state index contributed by atoms with van der Waals surface area (Å²) < 4.78 is 0.982. The minimum atomic E-state index is -0.513. The fourth-order valence-corrected chi connectivity index (χ4v) is 2.51. The first-order chi connectivity index (χ1) is 10.0. The summed E-state index contributed by atoms with van der Waals surface area (Å²) in [5.41, 5.74) is 2.94. The monoisotopic (exact) mass is 345 g/mol. The molecule has 0 fully saturated rings. The van der Waals surface area contributed by atoms with Crippen molar-refractivity contribution in [2.24, 2.45) is 0 Å². The fourth-order valence-electron chi connectivity index (χ4n) is 1.88. The fraction of sp³-hybridized carbons (Fsp3) is 0.133. The summed E-state index contributed by atoms with van der Waals surface area (Å²) in [5.74, 6) is 0. The second kappa shape index (κ2) is 6.37. The number of anilines is 1. The second-order valence-electron chi connectivity index (χ2n) is 4.55. The van der Waals surface area contributed by atoms with Crippen molar-refractivity contribution in [1.82, 2.24) is 0 Å². The van der Waals surface area contributed by atoms with Crippen LogP contribution in [0.5, 0.6) is 0 Å². The van der Waals surface area contributed by atoms with Crippen molar-refractivity contribution >= 4 is 27.3 Å². The quantitative estimate of drug-likeness (QED) is 0.666. The van der Waals surface area contributed by atoms with Crippen LogP contribution in [-0.2, 0) is 6.54 Å². The standard InChI is InChI=1S/C15H12BrN3O2/c1-10-2-3-11(14(16)6-10)9-18-15-5-4-13(19(20)21)7-12(15)8-17/h2-7,18H,9H2,1H3. The Morgan fingerprint density at radius 1 is 1.33 bits per heavy atom. The van der Waals surface area contributed by atoms with Gasteiger partial charge in [0.05, 0.1) is 16.2 Å². The van der Waals surface area contributed by atoms with Crippen LogP contribution in [-0.4, -0.2) is 4.92 Å². The highest BCUT2D eigenvalue weighted by atomic mass is 79.9. The minimum Gasteiger partial charge on any atom is -0.380 e. The number of rotatable bonds is 4. The van der Waals surface area contributed by atoms with Crippen molar-refractivity contribution in [1.29, 1.82) is 5.26 Å². The number of non-ortho nitro benzene ring substituents is 1. The lowest BCUT2D eigenvalue weighted by molar-refractivity contribution is -0.384. The Bertz CT molecular complexity index is 738. The Morgan fingerprint density at radius 2 is 2.10 bits per heavy atom. The molecule has 106 valence electrons. The maximum absolute atomic E-state index is 10.7. The number of nitriles is 1. The van der Waals surface area contributed by atoms with E-state index in [0.717, 1.165) is 15.6 Å². The van der Waals surface area contributed by atoms with Crippen molar-refractivity contribution in [3.63, 3.8) is 0 Å². The minimum absolute atomic E-state index is 0.0892. The summed E-state index contributed by atoms with van der Waals surface area (Å²) in [6, 6.07) is 12.2. The van der Waals surface area contributed by atoms with E-state index in [9.17, 15) is 10.1 Å². The third-order valence-electron chi connectivity index (χ3n) is 3.01. The Labute approximate surface area is 130 Å². The lowest BCUT2D eigenvalue weighted by Crippen LogP contribution is -2.02. The molecule has 2 aromatic carbocycles. The first kappa shape index (κ1) is 15.0. The van der Waals surface area contributed by atoms with Crippen molar-refractivity contribution < 1.29 is 4.92 Å². The molecule has 0 spiro atoms. The molecular weight excluding hydrogens is 334 g/mol. The summed E-state index contributed by atoms with van der Waals surface area (Å²) in [5, 5.41) is 22.9. The van der Waals surface area contributed by atoms with Crippen LogP contribution in [0.2, 0.25) is 0 Å². The van der Waals surface area contributed by atoms with Gasteiger partial charge in [0.1, 0.15) is 6.07 Å². The summed E-state index contributed by atoms with van der Waals surface area (Å²) in [6.07, 6.45) is 0. The average Bonchev–Trinajstić information content (AvgIpc) is 2.46. The number of aryl methyl sites for hydroxylation is 1. The highest BCUT2D eigenvalue weighted by Gasteiger charge is 2.10. The number of halogens is 1. The number of nitro benzene ring substituents is 1. The van der Waals surface area contributed by atoms with Gasteiger partial charge in [-0.1, -0.05) is 28.1 Å². The number of nitrogens with one attached hydrogen (secondary N) is 1. The number of hydrogen-bond donors (Lipinski definition) is 1. The molecule has 2 rings (SSSR count). The normalized spacial score (nSPS) is 9.95. The highest BCUT2D eigenvalue weighted by Crippen LogP contribution is 2.24. The van der Waals surface area contributed by atoms with Gasteiger partial charge in [-0.3, -0.25) is 10.1 Å². The van der Waals surface area contributed by atoms with Crippen LogP contribution in [0.25, 0.3) is 0 Å². The molecule has 1 N–H and O–H groups in total. The van der Waals surface area contributed by atoms with Gasteiger partial charge in [0.2, 0.25) is 0 Å². The number of nitrogens with zero attached hydrogens (tertiary/aromatic N) is 2. The van der Waals surface area contributed by atoms with Gasteiger partial charge in [-0.2, -0.15) is 5.26 Å². The lowest BCUT2D eigenvalue weighted by atomic mass is 10.1. The van der Waals surface area contributed by atoms with Crippen LogP contribution in [0.3, 0.4) is 0 Å². The molecule has 0 atom stereocenters. The van der Waals surface area contributed by atoms with Gasteiger partial charge in [0.25, 0.3) is 5.69 Å². The van der Waals surface area contributed by atoms with E-state index < -0.39 is 4.92 Å². The molecule has 0 unspecified atom stereocenters. The van der Waals surface area contributed by atoms with Crippen LogP contribution < -0.4 is 5.32 Å². The topological polar surface area (TPSA) is 79.0 Å². The van der Waals surface area contributed by atoms with Gasteiger partial charge in [-0.05, 0) is 30.2 Å². The summed E-state index contributed by atoms with van der Waals surface area (Å²) in [7, 11) is 0. The van der Waals surface area contributed by atoms with Crippen molar-refractivity contribution in [3.8, 4) is 6.07 Å². The molecule has 0 aliphatic rings. The van der Waals surface area contributed by atoms with Crippen molar-refractivity contribution in [3.05, 3.63) is 67.7 Å². The van der Waals surface area contributed by atoms with Gasteiger partial charge >= 0.3 is 0 Å². The van der Waals surface area contributed by atoms with Crippen molar-refractivity contribution in [2.75, 3.05) is 5.32 Å². The third-order valence-corrected chi connectivity index (χ3v) is 3.75. The molecule has 0 amide bonds. The van der Waals surface area contributed by atoms with Gasteiger partial charge < -0.3 is 5.32 Å². The lowest BCUT2D eigenvalue weighted by Gasteiger charge is -2.10. The van der Waals surface area contributed by atoms with E-state index in [4.69, 9.17) is 5.26 Å². The van der Waals surface area contributed by atoms with Crippen LogP contribution in [0, 0.1) is 28.4 Å². The molecule has 0 aromatic heterocycles. The smallest absolute Gasteiger partial charge is 0.270 e. The molecule has 0 heterocycles. The number of benzene rings is 2. The van der Waals surface area contributed by atoms with E-state index in [1.165, 1.54) is 12.1 Å². The van der Waals surface area contributed by atoms with Crippen molar-refractivity contribution in [2.45, 2.75) is 13.5 Å². The van der Waals surface area contributed by atoms with Crippen LogP contribution in [0.1, 0.15) is 16.7 Å². The van der Waals surface area contributed by atoms with E-state index in [0.29, 0.717) is 12.2 Å². The Morgan fingerprint density at radius 3 is 2.71 bits per heavy atom. The molecule has 0 bridgehead atoms. The van der Waals surface area contributed by atoms with Gasteiger partial charge in [-0.15, -0.1) is 0 Å². The van der Waals surface area contributed by atoms with E-state index >= 15 is 0 Å². The highest BCUT2D eigenvalue weighted by molar-refractivity contribution is 9.10. The summed E-state index contributed by atoms with van der Waals surface area (Å²) >= 11 is 3.49. The van der Waals surface area contributed by atoms with E-state index in [1.807, 2.05) is 31.2 Å². The number of hydrogen-bond acceptors (Lipinski definition) is 4. The Kier molecular flexibility index (Phi) is 4.55. The zero-order valence-corrected chi connectivity index (χ0v) is 12.8. The van der Waals surface area contributed by atoms with E-state index in [2.05, 4.69) is 21.2 Å². The first-order valence-corrected chi connectivity index (χ1v) is 6.98. The largest absolute Gasteiger partial charge is 0.380 e. The zero-order chi connectivity index (χ0) is 15.4. The molecule has 2 aromatic rings. The zero-order valence-electron chi connectivity index (χ0n) is 11.3. The van der Waals surface area contributed by atoms with Crippen LogP contribution in [0.15, 0.2) is 40.9 Å². The van der Waals surface area contributed by atoms with E-state index in [-0.39, 0.29) is 11.3 Å². The third kappa shape index (κ3) is 3.58. The maximum atomic E-state index is 10.7. The first-order valence-electron chi connectivity index (χ1n) is 6.18. The molecule has 0 aliphatic heterocycles. The van der Waals surface area contributed by atoms with Gasteiger partial charge in [0, 0.05) is 23.2 Å². The number of nitro groups is 1.